The van der Waals surface area contributed by atoms with Gasteiger partial charge in [-0.2, -0.15) is 0 Å². The Morgan fingerprint density at radius 1 is 0.460 bits per heavy atom. The number of aliphatic hydroxyl groups is 2. The Hall–Kier alpha value is -2.44. The third-order valence-electron chi connectivity index (χ3n) is 12.0. The highest BCUT2D eigenvalue weighted by Gasteiger charge is 2.18. The standard InChI is InChI=1S/C57H103NO5/c1-3-5-7-9-11-13-15-17-18-19-20-22-26-29-33-37-41-45-49-55(60)54(53-59)58-56(61)50-46-42-38-34-30-27-23-21-24-28-32-36-40-44-48-52-63-57(62)51-47-43-39-35-31-25-16-14-12-10-8-6-4-2/h8,10,14,16,21,24,28,32,45,49,54-55,59-60H,3-7,9,11-13,15,17-20,22-23,25-27,29-31,33-44,46-48,50-53H2,1-2H3,(H,58,61)/b10-8-,16-14-,24-21-,32-28-,49-45+. The molecule has 0 aliphatic rings. The number of amides is 1. The highest BCUT2D eigenvalue weighted by molar-refractivity contribution is 5.76. The average Bonchev–Trinajstić information content (AvgIpc) is 3.28. The Labute approximate surface area is 390 Å². The first-order valence-electron chi connectivity index (χ1n) is 27.1. The van der Waals surface area contributed by atoms with E-state index in [4.69, 9.17) is 4.74 Å². The van der Waals surface area contributed by atoms with Crippen LogP contribution < -0.4 is 5.32 Å². The Balaban J connectivity index is 3.58. The molecule has 6 heteroatoms. The van der Waals surface area contributed by atoms with Gasteiger partial charge in [-0.1, -0.05) is 222 Å². The molecule has 0 aliphatic carbocycles. The Morgan fingerprint density at radius 3 is 1.37 bits per heavy atom. The van der Waals surface area contributed by atoms with E-state index in [2.05, 4.69) is 67.8 Å². The lowest BCUT2D eigenvalue weighted by Crippen LogP contribution is -2.45. The monoisotopic (exact) mass is 882 g/mol. The number of carbonyl (C=O) groups is 2. The predicted molar refractivity (Wildman–Crippen MR) is 273 cm³/mol. The third kappa shape index (κ3) is 48.8. The van der Waals surface area contributed by atoms with Crippen molar-refractivity contribution in [3.05, 3.63) is 60.8 Å². The molecule has 0 aromatic heterocycles. The van der Waals surface area contributed by atoms with Gasteiger partial charge in [0.05, 0.1) is 25.4 Å². The van der Waals surface area contributed by atoms with E-state index in [1.807, 2.05) is 6.08 Å². The molecule has 0 bridgehead atoms. The maximum atomic E-state index is 12.4. The van der Waals surface area contributed by atoms with Crippen LogP contribution in [0.25, 0.3) is 0 Å². The fraction of sp³-hybridized carbons (Fsp3) is 0.789. The Bertz CT molecular complexity index is 1110. The van der Waals surface area contributed by atoms with Gasteiger partial charge in [0.2, 0.25) is 5.91 Å². The van der Waals surface area contributed by atoms with Gasteiger partial charge in [0.1, 0.15) is 0 Å². The van der Waals surface area contributed by atoms with Gasteiger partial charge in [-0.25, -0.2) is 0 Å². The zero-order valence-electron chi connectivity index (χ0n) is 41.5. The van der Waals surface area contributed by atoms with Crippen LogP contribution in [0.5, 0.6) is 0 Å². The molecule has 0 aromatic carbocycles. The lowest BCUT2D eigenvalue weighted by atomic mass is 10.0. The number of ether oxygens (including phenoxy) is 1. The highest BCUT2D eigenvalue weighted by atomic mass is 16.5. The largest absolute Gasteiger partial charge is 0.466 e. The fourth-order valence-corrected chi connectivity index (χ4v) is 7.84. The van der Waals surface area contributed by atoms with E-state index in [1.54, 1.807) is 6.08 Å². The summed E-state index contributed by atoms with van der Waals surface area (Å²) in [5.41, 5.74) is 0. The van der Waals surface area contributed by atoms with E-state index in [0.29, 0.717) is 19.4 Å². The molecule has 6 nitrogen and oxygen atoms in total. The van der Waals surface area contributed by atoms with E-state index < -0.39 is 12.1 Å². The minimum atomic E-state index is -0.861. The second-order valence-corrected chi connectivity index (χ2v) is 18.2. The molecule has 0 fully saturated rings. The molecule has 366 valence electrons. The van der Waals surface area contributed by atoms with E-state index in [0.717, 1.165) is 89.9 Å². The summed E-state index contributed by atoms with van der Waals surface area (Å²) in [5.74, 6) is -0.131. The summed E-state index contributed by atoms with van der Waals surface area (Å²) in [7, 11) is 0. The molecular weight excluding hydrogens is 779 g/mol. The second-order valence-electron chi connectivity index (χ2n) is 18.2. The number of rotatable bonds is 49. The van der Waals surface area contributed by atoms with Crippen molar-refractivity contribution < 1.29 is 24.5 Å². The van der Waals surface area contributed by atoms with Crippen LogP contribution in [0, 0.1) is 0 Å². The van der Waals surface area contributed by atoms with Crippen LogP contribution in [0.2, 0.25) is 0 Å². The quantitative estimate of drug-likeness (QED) is 0.0245. The summed E-state index contributed by atoms with van der Waals surface area (Å²) in [6, 6.07) is -0.646. The van der Waals surface area contributed by atoms with Crippen LogP contribution in [-0.4, -0.2) is 47.4 Å². The number of carbonyl (C=O) groups excluding carboxylic acids is 2. The Kier molecular flexibility index (Phi) is 50.2. The SMILES string of the molecule is CCC/C=C\C/C=C\CCCCCCCC(=O)OCCCCC/C=C\C=C/CCCCCCCCC(=O)NC(CO)C(O)/C=C/CCCCCCCCCCCCCCCCCC. The van der Waals surface area contributed by atoms with E-state index in [1.165, 1.54) is 148 Å². The number of unbranched alkanes of at least 4 members (excludes halogenated alkanes) is 31. The van der Waals surface area contributed by atoms with Crippen molar-refractivity contribution in [2.24, 2.45) is 0 Å². The van der Waals surface area contributed by atoms with Crippen molar-refractivity contribution in [3.8, 4) is 0 Å². The highest BCUT2D eigenvalue weighted by Crippen LogP contribution is 2.15. The van der Waals surface area contributed by atoms with Gasteiger partial charge in [0, 0.05) is 12.8 Å². The molecule has 3 N–H and O–H groups in total. The molecule has 0 rings (SSSR count). The number of hydrogen-bond acceptors (Lipinski definition) is 5. The number of nitrogens with one attached hydrogen (secondary N) is 1. The molecule has 2 unspecified atom stereocenters. The average molecular weight is 882 g/mol. The van der Waals surface area contributed by atoms with Crippen molar-refractivity contribution in [1.82, 2.24) is 5.32 Å². The van der Waals surface area contributed by atoms with Crippen LogP contribution >= 0.6 is 0 Å². The van der Waals surface area contributed by atoms with Gasteiger partial charge in [-0.05, 0) is 89.9 Å². The molecule has 63 heavy (non-hydrogen) atoms. The minimum Gasteiger partial charge on any atom is -0.466 e. The Morgan fingerprint density at radius 2 is 0.873 bits per heavy atom. The fourth-order valence-electron chi connectivity index (χ4n) is 7.84. The molecule has 0 spiro atoms. The summed E-state index contributed by atoms with van der Waals surface area (Å²) in [4.78, 5) is 24.4. The maximum Gasteiger partial charge on any atom is 0.305 e. The molecule has 0 aromatic rings. The molecule has 0 heterocycles. The number of aliphatic hydroxyl groups excluding tert-OH is 2. The molecule has 0 radical (unpaired) electrons. The number of esters is 1. The lowest BCUT2D eigenvalue weighted by molar-refractivity contribution is -0.143. The van der Waals surface area contributed by atoms with Crippen molar-refractivity contribution in [1.29, 1.82) is 0 Å². The van der Waals surface area contributed by atoms with Crippen molar-refractivity contribution >= 4 is 11.9 Å². The summed E-state index contributed by atoms with van der Waals surface area (Å²) >= 11 is 0. The first-order valence-corrected chi connectivity index (χ1v) is 27.1. The molecule has 1 amide bonds. The van der Waals surface area contributed by atoms with Gasteiger partial charge in [-0.15, -0.1) is 0 Å². The molecule has 0 saturated carbocycles. The minimum absolute atomic E-state index is 0.0391. The smallest absolute Gasteiger partial charge is 0.305 e. The normalized spacial score (nSPS) is 13.1. The van der Waals surface area contributed by atoms with E-state index in [-0.39, 0.29) is 18.5 Å². The second kappa shape index (κ2) is 52.2. The number of hydrogen-bond donors (Lipinski definition) is 3. The van der Waals surface area contributed by atoms with Crippen molar-refractivity contribution in [3.63, 3.8) is 0 Å². The lowest BCUT2D eigenvalue weighted by Gasteiger charge is -2.20. The summed E-state index contributed by atoms with van der Waals surface area (Å²) in [6.07, 6.45) is 66.5. The molecule has 0 aliphatic heterocycles. The van der Waals surface area contributed by atoms with Crippen molar-refractivity contribution in [2.45, 2.75) is 276 Å². The maximum absolute atomic E-state index is 12.4. The van der Waals surface area contributed by atoms with Crippen LogP contribution in [0.4, 0.5) is 0 Å². The van der Waals surface area contributed by atoms with Crippen molar-refractivity contribution in [2.75, 3.05) is 13.2 Å². The topological polar surface area (TPSA) is 95.9 Å². The zero-order valence-corrected chi connectivity index (χ0v) is 41.5. The van der Waals surface area contributed by atoms with Crippen LogP contribution in [0.1, 0.15) is 264 Å². The van der Waals surface area contributed by atoms with Gasteiger partial charge in [0.15, 0.2) is 0 Å². The molecular formula is C57H103NO5. The van der Waals surface area contributed by atoms with Gasteiger partial charge in [0.25, 0.3) is 0 Å². The molecule has 2 atom stereocenters. The third-order valence-corrected chi connectivity index (χ3v) is 12.0. The van der Waals surface area contributed by atoms with Gasteiger partial charge >= 0.3 is 5.97 Å². The van der Waals surface area contributed by atoms with Crippen LogP contribution in [0.3, 0.4) is 0 Å². The summed E-state index contributed by atoms with van der Waals surface area (Å²) in [6.45, 7) is 4.77. The van der Waals surface area contributed by atoms with Crippen LogP contribution in [0.15, 0.2) is 60.8 Å². The van der Waals surface area contributed by atoms with Gasteiger partial charge < -0.3 is 20.3 Å². The predicted octanol–water partition coefficient (Wildman–Crippen LogP) is 16.4. The first-order chi connectivity index (χ1) is 31.0. The van der Waals surface area contributed by atoms with E-state index in [9.17, 15) is 19.8 Å². The number of allylic oxidation sites excluding steroid dienone is 9. The van der Waals surface area contributed by atoms with Crippen LogP contribution in [-0.2, 0) is 14.3 Å². The summed E-state index contributed by atoms with van der Waals surface area (Å²) < 4.78 is 5.42. The molecule has 0 saturated heterocycles. The summed E-state index contributed by atoms with van der Waals surface area (Å²) in [5, 5.41) is 23.1. The van der Waals surface area contributed by atoms with Gasteiger partial charge in [-0.3, -0.25) is 9.59 Å². The zero-order chi connectivity index (χ0) is 45.8. The van der Waals surface area contributed by atoms with E-state index >= 15 is 0 Å². The first kappa shape index (κ1) is 60.6.